The van der Waals surface area contributed by atoms with Crippen molar-refractivity contribution in [2.75, 3.05) is 0 Å². The van der Waals surface area contributed by atoms with Crippen molar-refractivity contribution in [3.63, 3.8) is 0 Å². The molecule has 1 radical (unpaired) electrons. The zero-order chi connectivity index (χ0) is 18.1. The van der Waals surface area contributed by atoms with Crippen LogP contribution >= 0.6 is 0 Å². The molecular formula is C22H17N2OY-. The van der Waals surface area contributed by atoms with Crippen LogP contribution in [0.25, 0.3) is 4.85 Å². The third kappa shape index (κ3) is 6.81. The summed E-state index contributed by atoms with van der Waals surface area (Å²) in [6.07, 6.45) is 0. The fourth-order valence-electron chi connectivity index (χ4n) is 1.96. The van der Waals surface area contributed by atoms with Crippen LogP contribution in [0.5, 0.6) is 11.5 Å². The summed E-state index contributed by atoms with van der Waals surface area (Å²) in [5, 5.41) is 8.27. The summed E-state index contributed by atoms with van der Waals surface area (Å²) in [5.74, 6) is 1.57. The first-order valence-electron chi connectivity index (χ1n) is 7.71. The van der Waals surface area contributed by atoms with Gasteiger partial charge in [0.05, 0.1) is 12.6 Å². The summed E-state index contributed by atoms with van der Waals surface area (Å²) in [6.45, 7) is 11.0. The number of rotatable bonds is 2. The third-order valence-electron chi connectivity index (χ3n) is 3.53. The summed E-state index contributed by atoms with van der Waals surface area (Å²) >= 11 is 0. The molecule has 3 nitrogen and oxygen atoms in total. The Labute approximate surface area is 180 Å². The standard InChI is InChI=1S/C15H13NO.C7H4N.Y/c1-11-4-7-15(10-12(11)2)17-14-8-5-13(16-3)6-9-14;8-6-7-4-2-1-3-5-7;/h4-10H,1-2H3;2-5H;/q;-1;. The number of nitriles is 1. The minimum absolute atomic E-state index is 0. The number of hydrogen-bond donors (Lipinski definition) is 0. The van der Waals surface area contributed by atoms with Gasteiger partial charge in [0.1, 0.15) is 11.5 Å². The molecule has 125 valence electrons. The zero-order valence-corrected chi connectivity index (χ0v) is 17.6. The Balaban J connectivity index is 0.000000318. The zero-order valence-electron chi connectivity index (χ0n) is 14.7. The first kappa shape index (κ1) is 21.6. The second-order valence-corrected chi connectivity index (χ2v) is 5.35. The fourth-order valence-corrected chi connectivity index (χ4v) is 1.96. The van der Waals surface area contributed by atoms with Crippen molar-refractivity contribution < 1.29 is 37.4 Å². The molecule has 0 spiro atoms. The fraction of sp³-hybridized carbons (Fsp3) is 0.0909. The Morgan fingerprint density at radius 2 is 1.54 bits per heavy atom. The predicted octanol–water partition coefficient (Wildman–Crippen LogP) is 6.00. The van der Waals surface area contributed by atoms with Crippen LogP contribution in [-0.4, -0.2) is 0 Å². The van der Waals surface area contributed by atoms with Gasteiger partial charge in [0, 0.05) is 32.7 Å². The van der Waals surface area contributed by atoms with E-state index in [-0.39, 0.29) is 32.7 Å². The first-order valence-corrected chi connectivity index (χ1v) is 7.71. The topological polar surface area (TPSA) is 37.4 Å². The predicted molar refractivity (Wildman–Crippen MR) is 98.7 cm³/mol. The first-order chi connectivity index (χ1) is 12.1. The van der Waals surface area contributed by atoms with Crippen molar-refractivity contribution in [2.45, 2.75) is 13.8 Å². The summed E-state index contributed by atoms with van der Waals surface area (Å²) < 4.78 is 5.71. The maximum atomic E-state index is 8.27. The Morgan fingerprint density at radius 1 is 0.923 bits per heavy atom. The van der Waals surface area contributed by atoms with E-state index in [1.807, 2.05) is 36.4 Å². The smallest absolute Gasteiger partial charge is 0.187 e. The molecule has 3 aromatic carbocycles. The molecule has 0 saturated carbocycles. The molecule has 0 aliphatic heterocycles. The molecule has 0 heterocycles. The molecule has 0 atom stereocenters. The van der Waals surface area contributed by atoms with E-state index >= 15 is 0 Å². The van der Waals surface area contributed by atoms with Crippen molar-refractivity contribution in [1.82, 2.24) is 0 Å². The van der Waals surface area contributed by atoms with Gasteiger partial charge in [0.25, 0.3) is 0 Å². The summed E-state index contributed by atoms with van der Waals surface area (Å²) in [6, 6.07) is 24.8. The van der Waals surface area contributed by atoms with Gasteiger partial charge in [0.2, 0.25) is 0 Å². The van der Waals surface area contributed by atoms with Crippen LogP contribution in [0.2, 0.25) is 0 Å². The SMILES string of the molecule is N#Cc1cc[c-]cc1.[C-]#[N+]c1ccc(Oc2ccc(C)c(C)c2)cc1.[Y]. The van der Waals surface area contributed by atoms with Gasteiger partial charge < -0.3 is 4.74 Å². The largest absolute Gasteiger partial charge is 0.457 e. The van der Waals surface area contributed by atoms with Crippen molar-refractivity contribution in [2.24, 2.45) is 0 Å². The van der Waals surface area contributed by atoms with E-state index in [0.29, 0.717) is 11.3 Å². The van der Waals surface area contributed by atoms with Crippen LogP contribution < -0.4 is 4.74 Å². The van der Waals surface area contributed by atoms with Crippen LogP contribution in [-0.2, 0) is 32.7 Å². The maximum Gasteiger partial charge on any atom is 0.187 e. The summed E-state index contributed by atoms with van der Waals surface area (Å²) in [7, 11) is 0. The minimum atomic E-state index is 0. The van der Waals surface area contributed by atoms with Crippen LogP contribution in [0.4, 0.5) is 5.69 Å². The summed E-state index contributed by atoms with van der Waals surface area (Å²) in [4.78, 5) is 3.34. The number of nitrogens with zero attached hydrogens (tertiary/aromatic N) is 2. The third-order valence-corrected chi connectivity index (χ3v) is 3.53. The molecule has 3 aromatic rings. The van der Waals surface area contributed by atoms with Gasteiger partial charge in [-0.15, -0.1) is 0 Å². The molecule has 0 aliphatic rings. The number of aryl methyl sites for hydroxylation is 2. The van der Waals surface area contributed by atoms with E-state index in [1.165, 1.54) is 11.1 Å². The van der Waals surface area contributed by atoms with Crippen LogP contribution in [0.1, 0.15) is 16.7 Å². The van der Waals surface area contributed by atoms with Crippen molar-refractivity contribution in [1.29, 1.82) is 5.26 Å². The molecule has 26 heavy (non-hydrogen) atoms. The van der Waals surface area contributed by atoms with E-state index in [1.54, 1.807) is 36.4 Å². The van der Waals surface area contributed by atoms with E-state index in [2.05, 4.69) is 24.8 Å². The van der Waals surface area contributed by atoms with Crippen molar-refractivity contribution in [3.05, 3.63) is 101 Å². The second kappa shape index (κ2) is 11.2. The molecule has 0 aliphatic carbocycles. The maximum absolute atomic E-state index is 8.27. The monoisotopic (exact) mass is 414 g/mol. The quantitative estimate of drug-likeness (QED) is 0.482. The molecule has 0 fully saturated rings. The molecule has 0 unspecified atom stereocenters. The van der Waals surface area contributed by atoms with Gasteiger partial charge >= 0.3 is 0 Å². The van der Waals surface area contributed by atoms with Crippen molar-refractivity contribution >= 4 is 5.69 Å². The van der Waals surface area contributed by atoms with Gasteiger partial charge in [0.15, 0.2) is 5.69 Å². The van der Waals surface area contributed by atoms with Crippen LogP contribution in [0.15, 0.2) is 66.7 Å². The molecule has 3 rings (SSSR count). The van der Waals surface area contributed by atoms with Crippen molar-refractivity contribution in [3.8, 4) is 17.6 Å². The van der Waals surface area contributed by atoms with Crippen LogP contribution in [0.3, 0.4) is 0 Å². The molecule has 4 heteroatoms. The Kier molecular flexibility index (Phi) is 9.31. The Morgan fingerprint density at radius 3 is 2.04 bits per heavy atom. The van der Waals surface area contributed by atoms with E-state index in [0.717, 1.165) is 11.5 Å². The van der Waals surface area contributed by atoms with Gasteiger partial charge in [-0.3, -0.25) is 0 Å². The normalized spacial score (nSPS) is 8.77. The van der Waals surface area contributed by atoms with Gasteiger partial charge in [-0.05, 0) is 49.2 Å². The van der Waals surface area contributed by atoms with Crippen LogP contribution in [0, 0.1) is 37.8 Å². The van der Waals surface area contributed by atoms with Gasteiger partial charge in [-0.2, -0.15) is 35.6 Å². The molecule has 0 aromatic heterocycles. The van der Waals surface area contributed by atoms with Gasteiger partial charge in [-0.1, -0.05) is 23.8 Å². The van der Waals surface area contributed by atoms with Gasteiger partial charge in [-0.25, -0.2) is 4.85 Å². The average Bonchev–Trinajstić information content (AvgIpc) is 2.66. The Bertz CT molecular complexity index is 908. The molecular weight excluding hydrogens is 397 g/mol. The molecule has 0 saturated heterocycles. The van der Waals surface area contributed by atoms with E-state index in [9.17, 15) is 0 Å². The number of hydrogen-bond acceptors (Lipinski definition) is 2. The number of ether oxygens (including phenoxy) is 1. The average molecular weight is 414 g/mol. The minimum Gasteiger partial charge on any atom is -0.457 e. The molecule has 0 N–H and O–H groups in total. The number of benzene rings is 3. The van der Waals surface area contributed by atoms with E-state index in [4.69, 9.17) is 16.6 Å². The molecule has 0 bridgehead atoms. The van der Waals surface area contributed by atoms with E-state index < -0.39 is 0 Å². The summed E-state index contributed by atoms with van der Waals surface area (Å²) in [5.41, 5.74) is 3.77. The Hall–Kier alpha value is -2.46. The second-order valence-electron chi connectivity index (χ2n) is 5.35. The molecule has 0 amide bonds.